The van der Waals surface area contributed by atoms with Crippen molar-refractivity contribution < 1.29 is 9.53 Å². The van der Waals surface area contributed by atoms with Gasteiger partial charge in [0, 0.05) is 13.0 Å². The Bertz CT molecular complexity index is 428. The predicted molar refractivity (Wildman–Crippen MR) is 79.9 cm³/mol. The number of benzene rings is 1. The first-order valence-corrected chi connectivity index (χ1v) is 7.39. The molecule has 0 aromatic heterocycles. The highest BCUT2D eigenvalue weighted by Gasteiger charge is 2.16. The zero-order valence-electron chi connectivity index (χ0n) is 12.2. The van der Waals surface area contributed by atoms with Gasteiger partial charge in [0.25, 0.3) is 0 Å². The van der Waals surface area contributed by atoms with Crippen molar-refractivity contribution in [1.82, 2.24) is 10.6 Å². The van der Waals surface area contributed by atoms with Crippen LogP contribution in [-0.2, 0) is 11.2 Å². The summed E-state index contributed by atoms with van der Waals surface area (Å²) in [6, 6.07) is 7.94. The Morgan fingerprint density at radius 1 is 1.35 bits per heavy atom. The number of hydrogen-bond acceptors (Lipinski definition) is 3. The van der Waals surface area contributed by atoms with Crippen LogP contribution in [0.1, 0.15) is 24.8 Å². The van der Waals surface area contributed by atoms with Gasteiger partial charge in [0.2, 0.25) is 5.91 Å². The lowest BCUT2D eigenvalue weighted by atomic mass is 9.94. The van der Waals surface area contributed by atoms with Crippen LogP contribution in [0.25, 0.3) is 0 Å². The molecule has 1 saturated heterocycles. The fourth-order valence-corrected chi connectivity index (χ4v) is 2.67. The van der Waals surface area contributed by atoms with Crippen molar-refractivity contribution in [3.63, 3.8) is 0 Å². The maximum atomic E-state index is 11.9. The van der Waals surface area contributed by atoms with Gasteiger partial charge in [0.15, 0.2) is 0 Å². The number of carbonyl (C=O) groups is 1. The minimum atomic E-state index is 0.173. The Hall–Kier alpha value is -1.55. The Labute approximate surface area is 120 Å². The standard InChI is InChI=1S/C16H24N2O2/c1-20-15-5-3-2-4-14(15)8-11-18-16(19)12-13-6-9-17-10-7-13/h2-5,13,17H,6-12H2,1H3,(H,18,19). The third-order valence-electron chi connectivity index (χ3n) is 3.84. The van der Waals surface area contributed by atoms with E-state index in [1.54, 1.807) is 7.11 Å². The minimum Gasteiger partial charge on any atom is -0.496 e. The van der Waals surface area contributed by atoms with Crippen molar-refractivity contribution in [1.29, 1.82) is 0 Å². The van der Waals surface area contributed by atoms with Crippen molar-refractivity contribution in [2.24, 2.45) is 5.92 Å². The van der Waals surface area contributed by atoms with Gasteiger partial charge in [-0.1, -0.05) is 18.2 Å². The summed E-state index contributed by atoms with van der Waals surface area (Å²) in [4.78, 5) is 11.9. The molecular weight excluding hydrogens is 252 g/mol. The molecule has 0 bridgehead atoms. The van der Waals surface area contributed by atoms with E-state index in [4.69, 9.17) is 4.74 Å². The van der Waals surface area contributed by atoms with E-state index in [9.17, 15) is 4.79 Å². The molecule has 0 spiro atoms. The number of methoxy groups -OCH3 is 1. The normalized spacial score (nSPS) is 15.8. The second-order valence-corrected chi connectivity index (χ2v) is 5.31. The van der Waals surface area contributed by atoms with Crippen molar-refractivity contribution in [2.75, 3.05) is 26.7 Å². The summed E-state index contributed by atoms with van der Waals surface area (Å²) in [5, 5.41) is 6.33. The van der Waals surface area contributed by atoms with E-state index in [-0.39, 0.29) is 5.91 Å². The van der Waals surface area contributed by atoms with Crippen LogP contribution in [0.2, 0.25) is 0 Å². The molecule has 1 fully saturated rings. The SMILES string of the molecule is COc1ccccc1CCNC(=O)CC1CCNCC1. The smallest absolute Gasteiger partial charge is 0.220 e. The topological polar surface area (TPSA) is 50.4 Å². The summed E-state index contributed by atoms with van der Waals surface area (Å²) in [5.74, 6) is 1.61. The molecule has 0 saturated carbocycles. The van der Waals surface area contributed by atoms with Gasteiger partial charge in [-0.2, -0.15) is 0 Å². The lowest BCUT2D eigenvalue weighted by Crippen LogP contribution is -2.33. The molecule has 1 heterocycles. The molecule has 0 aliphatic carbocycles. The molecule has 1 aliphatic heterocycles. The predicted octanol–water partition coefficient (Wildman–Crippen LogP) is 1.74. The van der Waals surface area contributed by atoms with E-state index in [1.165, 1.54) is 0 Å². The second-order valence-electron chi connectivity index (χ2n) is 5.31. The van der Waals surface area contributed by atoms with Crippen LogP contribution in [-0.4, -0.2) is 32.7 Å². The first-order valence-electron chi connectivity index (χ1n) is 7.39. The molecule has 20 heavy (non-hydrogen) atoms. The quantitative estimate of drug-likeness (QED) is 0.832. The summed E-state index contributed by atoms with van der Waals surface area (Å²) in [7, 11) is 1.68. The minimum absolute atomic E-state index is 0.173. The molecule has 110 valence electrons. The van der Waals surface area contributed by atoms with Crippen LogP contribution in [0.3, 0.4) is 0 Å². The van der Waals surface area contributed by atoms with E-state index >= 15 is 0 Å². The van der Waals surface area contributed by atoms with Crippen molar-refractivity contribution in [2.45, 2.75) is 25.7 Å². The molecule has 1 aliphatic rings. The molecule has 1 amide bonds. The molecule has 1 aromatic rings. The highest BCUT2D eigenvalue weighted by Crippen LogP contribution is 2.18. The Morgan fingerprint density at radius 2 is 2.10 bits per heavy atom. The second kappa shape index (κ2) is 7.90. The van der Waals surface area contributed by atoms with E-state index in [1.807, 2.05) is 24.3 Å². The van der Waals surface area contributed by atoms with Gasteiger partial charge < -0.3 is 15.4 Å². The van der Waals surface area contributed by atoms with Crippen LogP contribution in [0.5, 0.6) is 5.75 Å². The highest BCUT2D eigenvalue weighted by atomic mass is 16.5. The Morgan fingerprint density at radius 3 is 2.85 bits per heavy atom. The molecule has 2 N–H and O–H groups in total. The van der Waals surface area contributed by atoms with Gasteiger partial charge in [-0.05, 0) is 49.9 Å². The Balaban J connectivity index is 1.70. The zero-order chi connectivity index (χ0) is 14.2. The summed E-state index contributed by atoms with van der Waals surface area (Å²) in [5.41, 5.74) is 1.14. The number of hydrogen-bond donors (Lipinski definition) is 2. The van der Waals surface area contributed by atoms with Crippen molar-refractivity contribution in [3.05, 3.63) is 29.8 Å². The molecule has 4 nitrogen and oxygen atoms in total. The van der Waals surface area contributed by atoms with Gasteiger partial charge in [-0.3, -0.25) is 4.79 Å². The number of carbonyl (C=O) groups excluding carboxylic acids is 1. The fourth-order valence-electron chi connectivity index (χ4n) is 2.67. The highest BCUT2D eigenvalue weighted by molar-refractivity contribution is 5.76. The van der Waals surface area contributed by atoms with Crippen LogP contribution >= 0.6 is 0 Å². The van der Waals surface area contributed by atoms with Crippen molar-refractivity contribution in [3.8, 4) is 5.75 Å². The van der Waals surface area contributed by atoms with Crippen LogP contribution in [0.15, 0.2) is 24.3 Å². The van der Waals surface area contributed by atoms with E-state index in [0.717, 1.165) is 43.7 Å². The third kappa shape index (κ3) is 4.53. The van der Waals surface area contributed by atoms with Crippen LogP contribution in [0, 0.1) is 5.92 Å². The van der Waals surface area contributed by atoms with Gasteiger partial charge in [-0.25, -0.2) is 0 Å². The lowest BCUT2D eigenvalue weighted by Gasteiger charge is -2.21. The zero-order valence-corrected chi connectivity index (χ0v) is 12.2. The van der Waals surface area contributed by atoms with E-state index in [2.05, 4.69) is 10.6 Å². The summed E-state index contributed by atoms with van der Waals surface area (Å²) in [6.45, 7) is 2.75. The summed E-state index contributed by atoms with van der Waals surface area (Å²) >= 11 is 0. The lowest BCUT2D eigenvalue weighted by molar-refractivity contribution is -0.122. The van der Waals surface area contributed by atoms with Gasteiger partial charge in [0.1, 0.15) is 5.75 Å². The van der Waals surface area contributed by atoms with Gasteiger partial charge in [0.05, 0.1) is 7.11 Å². The van der Waals surface area contributed by atoms with Crippen molar-refractivity contribution >= 4 is 5.91 Å². The number of piperidine rings is 1. The van der Waals surface area contributed by atoms with Crippen LogP contribution < -0.4 is 15.4 Å². The molecule has 0 atom stereocenters. The number of ether oxygens (including phenoxy) is 1. The van der Waals surface area contributed by atoms with Crippen LogP contribution in [0.4, 0.5) is 0 Å². The van der Waals surface area contributed by atoms with Gasteiger partial charge in [-0.15, -0.1) is 0 Å². The Kier molecular flexibility index (Phi) is 5.87. The molecular formula is C16H24N2O2. The van der Waals surface area contributed by atoms with E-state index < -0.39 is 0 Å². The summed E-state index contributed by atoms with van der Waals surface area (Å²) in [6.07, 6.45) is 3.69. The maximum absolute atomic E-state index is 11.9. The first-order chi connectivity index (χ1) is 9.79. The van der Waals surface area contributed by atoms with E-state index in [0.29, 0.717) is 18.9 Å². The largest absolute Gasteiger partial charge is 0.496 e. The third-order valence-corrected chi connectivity index (χ3v) is 3.84. The molecule has 2 rings (SSSR count). The number of para-hydroxylation sites is 1. The number of rotatable bonds is 6. The summed E-state index contributed by atoms with van der Waals surface area (Å²) < 4.78 is 5.30. The molecule has 1 aromatic carbocycles. The fraction of sp³-hybridized carbons (Fsp3) is 0.562. The average molecular weight is 276 g/mol. The first kappa shape index (κ1) is 14.9. The molecule has 0 radical (unpaired) electrons. The maximum Gasteiger partial charge on any atom is 0.220 e. The van der Waals surface area contributed by atoms with Gasteiger partial charge >= 0.3 is 0 Å². The monoisotopic (exact) mass is 276 g/mol. The molecule has 4 heteroatoms. The molecule has 0 unspecified atom stereocenters. The number of amides is 1. The number of nitrogens with one attached hydrogen (secondary N) is 2. The average Bonchev–Trinajstić information content (AvgIpc) is 2.49.